The lowest BCUT2D eigenvalue weighted by molar-refractivity contribution is -0.241. The second-order valence-electron chi connectivity index (χ2n) is 6.61. The van der Waals surface area contributed by atoms with E-state index >= 15 is 0 Å². The fraction of sp³-hybridized carbons (Fsp3) is 1.00. The summed E-state index contributed by atoms with van der Waals surface area (Å²) in [5.41, 5.74) is -0.614. The van der Waals surface area contributed by atoms with Crippen molar-refractivity contribution >= 4 is 0 Å². The van der Waals surface area contributed by atoms with Gasteiger partial charge in [-0.25, -0.2) is 0 Å². The molecule has 17 heavy (non-hydrogen) atoms. The molecule has 2 aliphatic rings. The molecule has 0 radical (unpaired) electrons. The van der Waals surface area contributed by atoms with E-state index in [1.807, 2.05) is 6.92 Å². The second-order valence-corrected chi connectivity index (χ2v) is 6.61. The van der Waals surface area contributed by atoms with Crippen molar-refractivity contribution < 1.29 is 9.84 Å². The van der Waals surface area contributed by atoms with Gasteiger partial charge in [0.2, 0.25) is 0 Å². The van der Waals surface area contributed by atoms with Crippen molar-refractivity contribution in [3.05, 3.63) is 0 Å². The van der Waals surface area contributed by atoms with Gasteiger partial charge in [0.25, 0.3) is 0 Å². The second kappa shape index (κ2) is 4.55. The number of ether oxygens (including phenoxy) is 1. The molecule has 0 aromatic rings. The molecular formula is C15H28O2. The Hall–Kier alpha value is -0.0800. The third kappa shape index (κ3) is 2.39. The van der Waals surface area contributed by atoms with Crippen molar-refractivity contribution in [1.82, 2.24) is 0 Å². The minimum Gasteiger partial charge on any atom is -0.390 e. The maximum Gasteiger partial charge on any atom is 0.0708 e. The molecule has 100 valence electrons. The largest absolute Gasteiger partial charge is 0.390 e. The molecule has 2 nitrogen and oxygen atoms in total. The first kappa shape index (κ1) is 13.4. The Kier molecular flexibility index (Phi) is 3.57. The van der Waals surface area contributed by atoms with Crippen LogP contribution in [0.3, 0.4) is 0 Å². The Labute approximate surface area is 106 Å². The molecule has 1 N–H and O–H groups in total. The maximum atomic E-state index is 10.8. The molecule has 0 aromatic carbocycles. The number of aliphatic hydroxyl groups is 1. The summed E-state index contributed by atoms with van der Waals surface area (Å²) in [6.07, 6.45) is 6.61. The van der Waals surface area contributed by atoms with Crippen molar-refractivity contribution in [3.63, 3.8) is 0 Å². The van der Waals surface area contributed by atoms with Crippen LogP contribution in [0.1, 0.15) is 66.2 Å². The van der Waals surface area contributed by atoms with E-state index in [4.69, 9.17) is 4.74 Å². The highest BCUT2D eigenvalue weighted by atomic mass is 16.5. The molecule has 0 amide bonds. The molecule has 0 spiro atoms. The molecule has 1 saturated carbocycles. The molecule has 4 atom stereocenters. The first-order valence-corrected chi connectivity index (χ1v) is 7.32. The smallest absolute Gasteiger partial charge is 0.0708 e. The van der Waals surface area contributed by atoms with E-state index in [9.17, 15) is 5.11 Å². The summed E-state index contributed by atoms with van der Waals surface area (Å²) in [5.74, 6) is 1.10. The lowest BCUT2D eigenvalue weighted by Crippen LogP contribution is -2.58. The van der Waals surface area contributed by atoms with Crippen LogP contribution in [0.4, 0.5) is 0 Å². The van der Waals surface area contributed by atoms with Crippen LogP contribution in [-0.2, 0) is 4.74 Å². The van der Waals surface area contributed by atoms with Gasteiger partial charge in [0.05, 0.1) is 17.3 Å². The highest BCUT2D eigenvalue weighted by molar-refractivity contribution is 5.02. The van der Waals surface area contributed by atoms with Crippen LogP contribution in [0, 0.1) is 11.8 Å². The first-order chi connectivity index (χ1) is 7.92. The molecule has 2 rings (SSSR count). The summed E-state index contributed by atoms with van der Waals surface area (Å²) < 4.78 is 6.42. The minimum absolute atomic E-state index is 0.0816. The van der Waals surface area contributed by atoms with Gasteiger partial charge >= 0.3 is 0 Å². The molecular weight excluding hydrogens is 212 g/mol. The van der Waals surface area contributed by atoms with Gasteiger partial charge in [-0.15, -0.1) is 0 Å². The SMILES string of the molecule is CCC1(CC)C[C@@](C)(O)[C@@H]2CC[C@@H](C)C[C@@H]2O1. The molecule has 2 heteroatoms. The van der Waals surface area contributed by atoms with Gasteiger partial charge in [-0.2, -0.15) is 0 Å². The zero-order chi connectivity index (χ0) is 12.7. The monoisotopic (exact) mass is 240 g/mol. The third-order valence-electron chi connectivity index (χ3n) is 5.22. The van der Waals surface area contributed by atoms with E-state index < -0.39 is 5.60 Å². The van der Waals surface area contributed by atoms with Crippen LogP contribution in [0.5, 0.6) is 0 Å². The average Bonchev–Trinajstić information content (AvgIpc) is 2.27. The number of fused-ring (bicyclic) bond motifs is 1. The molecule has 1 heterocycles. The van der Waals surface area contributed by atoms with Crippen LogP contribution in [-0.4, -0.2) is 22.4 Å². The zero-order valence-electron chi connectivity index (χ0n) is 11.8. The lowest BCUT2D eigenvalue weighted by atomic mass is 9.66. The Morgan fingerprint density at radius 1 is 1.24 bits per heavy atom. The maximum absolute atomic E-state index is 10.8. The molecule has 0 unspecified atom stereocenters. The Morgan fingerprint density at radius 2 is 1.88 bits per heavy atom. The van der Waals surface area contributed by atoms with Gasteiger partial charge in [0, 0.05) is 12.3 Å². The van der Waals surface area contributed by atoms with Crippen molar-refractivity contribution in [3.8, 4) is 0 Å². The lowest BCUT2D eigenvalue weighted by Gasteiger charge is -2.54. The van der Waals surface area contributed by atoms with Crippen molar-refractivity contribution in [1.29, 1.82) is 0 Å². The highest BCUT2D eigenvalue weighted by Crippen LogP contribution is 2.48. The third-order valence-corrected chi connectivity index (χ3v) is 5.22. The van der Waals surface area contributed by atoms with Gasteiger partial charge in [-0.05, 0) is 38.5 Å². The van der Waals surface area contributed by atoms with Crippen molar-refractivity contribution in [2.75, 3.05) is 0 Å². The molecule has 1 aliphatic carbocycles. The molecule has 2 fully saturated rings. The topological polar surface area (TPSA) is 29.5 Å². The van der Waals surface area contributed by atoms with Gasteiger partial charge in [-0.3, -0.25) is 0 Å². The summed E-state index contributed by atoms with van der Waals surface area (Å²) in [6, 6.07) is 0. The standard InChI is InChI=1S/C15H28O2/c1-5-15(6-2)10-14(4,16)12-8-7-11(3)9-13(12)17-15/h11-13,16H,5-10H2,1-4H3/t11-,12-,13+,14-/m1/s1. The van der Waals surface area contributed by atoms with Gasteiger partial charge in [-0.1, -0.05) is 27.2 Å². The van der Waals surface area contributed by atoms with Crippen molar-refractivity contribution in [2.24, 2.45) is 11.8 Å². The van der Waals surface area contributed by atoms with Crippen LogP contribution < -0.4 is 0 Å². The zero-order valence-corrected chi connectivity index (χ0v) is 11.8. The van der Waals surface area contributed by atoms with Gasteiger partial charge in [0.15, 0.2) is 0 Å². The molecule has 1 aliphatic heterocycles. The summed E-state index contributed by atoms with van der Waals surface area (Å²) in [7, 11) is 0. The summed E-state index contributed by atoms with van der Waals surface area (Å²) in [4.78, 5) is 0. The molecule has 0 bridgehead atoms. The summed E-state index contributed by atoms with van der Waals surface area (Å²) in [6.45, 7) is 8.71. The fourth-order valence-electron chi connectivity index (χ4n) is 3.98. The normalized spacial score (nSPS) is 45.4. The predicted octanol–water partition coefficient (Wildman–Crippen LogP) is 3.52. The number of hydrogen-bond donors (Lipinski definition) is 1. The number of hydrogen-bond acceptors (Lipinski definition) is 2. The van der Waals surface area contributed by atoms with E-state index in [1.54, 1.807) is 0 Å². The predicted molar refractivity (Wildman–Crippen MR) is 69.9 cm³/mol. The van der Waals surface area contributed by atoms with Crippen LogP contribution in [0.15, 0.2) is 0 Å². The van der Waals surface area contributed by atoms with Crippen LogP contribution in [0.2, 0.25) is 0 Å². The van der Waals surface area contributed by atoms with Crippen molar-refractivity contribution in [2.45, 2.75) is 83.5 Å². The van der Waals surface area contributed by atoms with Gasteiger partial charge < -0.3 is 9.84 Å². The van der Waals surface area contributed by atoms with Crippen LogP contribution >= 0.6 is 0 Å². The molecule has 1 saturated heterocycles. The van der Waals surface area contributed by atoms with E-state index in [0.29, 0.717) is 5.92 Å². The van der Waals surface area contributed by atoms with E-state index in [2.05, 4.69) is 20.8 Å². The van der Waals surface area contributed by atoms with E-state index in [1.165, 1.54) is 6.42 Å². The van der Waals surface area contributed by atoms with E-state index in [0.717, 1.165) is 38.0 Å². The average molecular weight is 240 g/mol. The first-order valence-electron chi connectivity index (χ1n) is 7.32. The van der Waals surface area contributed by atoms with Crippen LogP contribution in [0.25, 0.3) is 0 Å². The summed E-state index contributed by atoms with van der Waals surface area (Å²) >= 11 is 0. The molecule has 0 aromatic heterocycles. The minimum atomic E-state index is -0.533. The number of rotatable bonds is 2. The highest BCUT2D eigenvalue weighted by Gasteiger charge is 2.52. The quantitative estimate of drug-likeness (QED) is 0.800. The Balaban J connectivity index is 2.21. The Morgan fingerprint density at radius 3 is 2.47 bits per heavy atom. The summed E-state index contributed by atoms with van der Waals surface area (Å²) in [5, 5.41) is 10.8. The van der Waals surface area contributed by atoms with Gasteiger partial charge in [0.1, 0.15) is 0 Å². The Bertz CT molecular complexity index is 268. The fourth-order valence-corrected chi connectivity index (χ4v) is 3.98. The van der Waals surface area contributed by atoms with E-state index in [-0.39, 0.29) is 11.7 Å².